The molecule has 6 nitrogen and oxygen atoms in total. The number of nitrogens with one attached hydrogen (secondary N) is 1. The van der Waals surface area contributed by atoms with Crippen molar-refractivity contribution in [1.82, 2.24) is 10.2 Å². The first kappa shape index (κ1) is 20.0. The highest BCUT2D eigenvalue weighted by Gasteiger charge is 2.10. The van der Waals surface area contributed by atoms with Gasteiger partial charge in [-0.05, 0) is 25.7 Å². The zero-order chi connectivity index (χ0) is 16.8. The number of amides is 1. The van der Waals surface area contributed by atoms with E-state index >= 15 is 0 Å². The molecule has 0 aliphatic heterocycles. The van der Waals surface area contributed by atoms with Crippen molar-refractivity contribution >= 4 is 11.9 Å². The molecule has 0 radical (unpaired) electrons. The molecule has 124 valence electrons. The van der Waals surface area contributed by atoms with Crippen LogP contribution in [0.15, 0.2) is 11.8 Å². The largest absolute Gasteiger partial charge is 0.481 e. The van der Waals surface area contributed by atoms with E-state index in [0.29, 0.717) is 19.4 Å². The molecule has 0 heterocycles. The second-order valence-corrected chi connectivity index (χ2v) is 5.15. The van der Waals surface area contributed by atoms with Crippen LogP contribution >= 0.6 is 0 Å². The van der Waals surface area contributed by atoms with E-state index in [2.05, 4.69) is 19.2 Å². The summed E-state index contributed by atoms with van der Waals surface area (Å²) in [5.74, 6) is -1.16. The van der Waals surface area contributed by atoms with Crippen molar-refractivity contribution in [2.75, 3.05) is 19.6 Å². The maximum absolute atomic E-state index is 11.9. The van der Waals surface area contributed by atoms with Crippen LogP contribution in [0, 0.1) is 11.3 Å². The fraction of sp³-hybridized carbons (Fsp3) is 0.688. The van der Waals surface area contributed by atoms with Crippen LogP contribution in [-0.2, 0) is 9.59 Å². The molecule has 6 heteroatoms. The molecule has 0 aromatic heterocycles. The summed E-state index contributed by atoms with van der Waals surface area (Å²) in [6, 6.07) is 1.95. The average Bonchev–Trinajstić information content (AvgIpc) is 2.48. The van der Waals surface area contributed by atoms with E-state index in [1.165, 1.54) is 0 Å². The number of carbonyl (C=O) groups excluding carboxylic acids is 1. The number of carbonyl (C=O) groups is 2. The van der Waals surface area contributed by atoms with Gasteiger partial charge in [0, 0.05) is 32.3 Å². The number of carboxylic acid groups (broad SMARTS) is 1. The van der Waals surface area contributed by atoms with Crippen LogP contribution in [0.2, 0.25) is 0 Å². The van der Waals surface area contributed by atoms with E-state index in [1.807, 2.05) is 11.0 Å². The topological polar surface area (TPSA) is 93.4 Å². The van der Waals surface area contributed by atoms with Crippen LogP contribution in [-0.4, -0.2) is 41.5 Å². The smallest absolute Gasteiger partial charge is 0.303 e. The molecule has 0 bridgehead atoms. The van der Waals surface area contributed by atoms with Gasteiger partial charge in [-0.25, -0.2) is 0 Å². The fourth-order valence-corrected chi connectivity index (χ4v) is 2.01. The van der Waals surface area contributed by atoms with Gasteiger partial charge in [0.2, 0.25) is 0 Å². The highest BCUT2D eigenvalue weighted by atomic mass is 16.4. The lowest BCUT2D eigenvalue weighted by Crippen LogP contribution is -2.28. The summed E-state index contributed by atoms with van der Waals surface area (Å²) >= 11 is 0. The van der Waals surface area contributed by atoms with Crippen molar-refractivity contribution in [2.45, 2.75) is 52.4 Å². The maximum Gasteiger partial charge on any atom is 0.303 e. The Bertz CT molecular complexity index is 407. The Labute approximate surface area is 132 Å². The summed E-state index contributed by atoms with van der Waals surface area (Å²) in [7, 11) is 0. The van der Waals surface area contributed by atoms with Gasteiger partial charge in [-0.15, -0.1) is 0 Å². The maximum atomic E-state index is 11.9. The minimum atomic E-state index is -0.800. The minimum absolute atomic E-state index is 0.118. The van der Waals surface area contributed by atoms with Crippen molar-refractivity contribution in [3.8, 4) is 6.07 Å². The van der Waals surface area contributed by atoms with Gasteiger partial charge in [-0.1, -0.05) is 20.3 Å². The fourth-order valence-electron chi connectivity index (χ4n) is 2.01. The second-order valence-electron chi connectivity index (χ2n) is 5.15. The highest BCUT2D eigenvalue weighted by molar-refractivity contribution is 5.97. The Morgan fingerprint density at radius 3 is 2.32 bits per heavy atom. The molecule has 0 aromatic carbocycles. The molecule has 22 heavy (non-hydrogen) atoms. The Hall–Kier alpha value is -2.03. The predicted octanol–water partition coefficient (Wildman–Crippen LogP) is 2.28. The molecular weight excluding hydrogens is 282 g/mol. The van der Waals surface area contributed by atoms with Crippen LogP contribution in [0.5, 0.6) is 0 Å². The van der Waals surface area contributed by atoms with E-state index in [0.717, 1.165) is 32.4 Å². The van der Waals surface area contributed by atoms with Crippen molar-refractivity contribution in [3.05, 3.63) is 11.8 Å². The number of nitrogens with zero attached hydrogens (tertiary/aromatic N) is 2. The Kier molecular flexibility index (Phi) is 11.5. The SMILES string of the molecule is CCCN(/C=C(/C#N)C(=O)NCCCCCC(=O)O)CCC. The van der Waals surface area contributed by atoms with Crippen molar-refractivity contribution < 1.29 is 14.7 Å². The summed E-state index contributed by atoms with van der Waals surface area (Å²) in [6.07, 6.45) is 5.77. The summed E-state index contributed by atoms with van der Waals surface area (Å²) < 4.78 is 0. The van der Waals surface area contributed by atoms with E-state index in [1.54, 1.807) is 6.20 Å². The zero-order valence-electron chi connectivity index (χ0n) is 13.6. The van der Waals surface area contributed by atoms with Crippen molar-refractivity contribution in [3.63, 3.8) is 0 Å². The lowest BCUT2D eigenvalue weighted by molar-refractivity contribution is -0.137. The molecule has 0 aliphatic carbocycles. The first-order valence-corrected chi connectivity index (χ1v) is 7.91. The van der Waals surface area contributed by atoms with Gasteiger partial charge in [0.15, 0.2) is 0 Å². The lowest BCUT2D eigenvalue weighted by Gasteiger charge is -2.19. The molecule has 2 N–H and O–H groups in total. The number of unbranched alkanes of at least 4 members (excludes halogenated alkanes) is 2. The van der Waals surface area contributed by atoms with E-state index < -0.39 is 5.97 Å². The highest BCUT2D eigenvalue weighted by Crippen LogP contribution is 2.02. The van der Waals surface area contributed by atoms with E-state index in [9.17, 15) is 9.59 Å². The Morgan fingerprint density at radius 2 is 1.82 bits per heavy atom. The van der Waals surface area contributed by atoms with Gasteiger partial charge >= 0.3 is 5.97 Å². The van der Waals surface area contributed by atoms with Crippen molar-refractivity contribution in [1.29, 1.82) is 5.26 Å². The van der Waals surface area contributed by atoms with Gasteiger partial charge in [0.1, 0.15) is 11.6 Å². The van der Waals surface area contributed by atoms with Crippen molar-refractivity contribution in [2.24, 2.45) is 0 Å². The summed E-state index contributed by atoms with van der Waals surface area (Å²) in [5.41, 5.74) is 0.118. The van der Waals surface area contributed by atoms with Gasteiger partial charge < -0.3 is 15.3 Å². The first-order valence-electron chi connectivity index (χ1n) is 7.91. The number of nitriles is 1. The van der Waals surface area contributed by atoms with Gasteiger partial charge in [-0.2, -0.15) is 5.26 Å². The van der Waals surface area contributed by atoms with Gasteiger partial charge in [0.05, 0.1) is 0 Å². The Morgan fingerprint density at radius 1 is 1.18 bits per heavy atom. The van der Waals surface area contributed by atoms with Crippen LogP contribution < -0.4 is 5.32 Å². The minimum Gasteiger partial charge on any atom is -0.481 e. The second kappa shape index (κ2) is 12.7. The number of rotatable bonds is 12. The molecule has 0 spiro atoms. The third-order valence-electron chi connectivity index (χ3n) is 3.05. The zero-order valence-corrected chi connectivity index (χ0v) is 13.6. The molecule has 0 atom stereocenters. The number of hydrogen-bond donors (Lipinski definition) is 2. The third kappa shape index (κ3) is 9.81. The Balaban J connectivity index is 4.23. The van der Waals surface area contributed by atoms with Crippen LogP contribution in [0.4, 0.5) is 0 Å². The third-order valence-corrected chi connectivity index (χ3v) is 3.05. The number of carboxylic acids is 1. The monoisotopic (exact) mass is 309 g/mol. The predicted molar refractivity (Wildman–Crippen MR) is 85.0 cm³/mol. The lowest BCUT2D eigenvalue weighted by atomic mass is 10.2. The summed E-state index contributed by atoms with van der Waals surface area (Å²) in [6.45, 7) is 6.21. The summed E-state index contributed by atoms with van der Waals surface area (Å²) in [5, 5.41) is 20.3. The molecule has 0 saturated carbocycles. The normalized spacial score (nSPS) is 10.9. The first-order chi connectivity index (χ1) is 10.5. The van der Waals surface area contributed by atoms with Crippen LogP contribution in [0.25, 0.3) is 0 Å². The molecule has 1 amide bonds. The van der Waals surface area contributed by atoms with E-state index in [4.69, 9.17) is 10.4 Å². The molecule has 0 aromatic rings. The van der Waals surface area contributed by atoms with Crippen LogP contribution in [0.3, 0.4) is 0 Å². The van der Waals surface area contributed by atoms with E-state index in [-0.39, 0.29) is 17.9 Å². The average molecular weight is 309 g/mol. The molecule has 0 fully saturated rings. The quantitative estimate of drug-likeness (QED) is 0.328. The molecule has 0 aliphatic rings. The number of hydrogen-bond acceptors (Lipinski definition) is 4. The van der Waals surface area contributed by atoms with Crippen LogP contribution in [0.1, 0.15) is 52.4 Å². The molecular formula is C16H27N3O3. The standard InChI is InChI=1S/C16H27N3O3/c1-3-10-19(11-4-2)13-14(12-17)16(22)18-9-7-5-6-8-15(20)21/h13H,3-11H2,1-2H3,(H,18,22)(H,20,21)/b14-13-. The molecule has 0 rings (SSSR count). The summed E-state index contributed by atoms with van der Waals surface area (Å²) in [4.78, 5) is 24.3. The number of aliphatic carboxylic acids is 1. The molecule has 0 unspecified atom stereocenters. The van der Waals surface area contributed by atoms with Gasteiger partial charge in [0.25, 0.3) is 5.91 Å². The molecule has 0 saturated heterocycles. The van der Waals surface area contributed by atoms with Gasteiger partial charge in [-0.3, -0.25) is 9.59 Å².